The van der Waals surface area contributed by atoms with Crippen molar-refractivity contribution in [2.75, 3.05) is 0 Å². The fraction of sp³-hybridized carbons (Fsp3) is 0.750. The number of ketones is 1. The van der Waals surface area contributed by atoms with Gasteiger partial charge in [0.1, 0.15) is 17.6 Å². The molecule has 0 aliphatic heterocycles. The molecule has 0 saturated heterocycles. The molecule has 4 fully saturated rings. The molecule has 34 heavy (non-hydrogen) atoms. The van der Waals surface area contributed by atoms with Crippen LogP contribution < -0.4 is 0 Å². The number of benzene rings is 1. The second-order valence-electron chi connectivity index (χ2n) is 12.6. The van der Waals surface area contributed by atoms with E-state index in [2.05, 4.69) is 31.0 Å². The Balaban J connectivity index is 1.21. The largest absolute Gasteiger partial charge is 0.297 e. The molecule has 0 amide bonds. The zero-order valence-electron chi connectivity index (χ0n) is 20.7. The second-order valence-corrected chi connectivity index (χ2v) is 13.0. The van der Waals surface area contributed by atoms with Crippen molar-refractivity contribution in [1.29, 1.82) is 0 Å². The van der Waals surface area contributed by atoms with E-state index in [1.807, 2.05) is 0 Å². The molecule has 4 saturated carbocycles. The molecule has 184 valence electrons. The summed E-state index contributed by atoms with van der Waals surface area (Å²) in [7, 11) is 0. The third kappa shape index (κ3) is 3.32. The van der Waals surface area contributed by atoms with Gasteiger partial charge in [-0.15, -0.1) is 5.10 Å². The van der Waals surface area contributed by atoms with Gasteiger partial charge in [-0.3, -0.25) is 4.79 Å². The maximum absolute atomic E-state index is 14.3. The monoisotopic (exact) mass is 485 g/mol. The zero-order chi connectivity index (χ0) is 23.8. The Morgan fingerprint density at radius 1 is 1.06 bits per heavy atom. The van der Waals surface area contributed by atoms with Crippen molar-refractivity contribution in [1.82, 2.24) is 15.0 Å². The number of Topliss-reactive ketones (excluding diaryl/α,β-unsaturated/α-hetero) is 1. The Morgan fingerprint density at radius 3 is 2.65 bits per heavy atom. The van der Waals surface area contributed by atoms with Gasteiger partial charge in [0, 0.05) is 5.92 Å². The molecule has 4 aliphatic rings. The fourth-order valence-corrected chi connectivity index (χ4v) is 9.44. The Morgan fingerprint density at radius 2 is 1.82 bits per heavy atom. The molecule has 4 nitrogen and oxygen atoms in total. The molecule has 0 spiro atoms. The molecule has 3 unspecified atom stereocenters. The molecular weight excluding hydrogens is 449 g/mol. The molecule has 1 aromatic carbocycles. The molecular formula is C28H37ClFN3O. The van der Waals surface area contributed by atoms with Gasteiger partial charge in [0.05, 0.1) is 5.02 Å². The summed E-state index contributed by atoms with van der Waals surface area (Å²) in [6, 6.07) is 3.15. The number of carbonyl (C=O) groups is 1. The van der Waals surface area contributed by atoms with Crippen LogP contribution in [0, 0.1) is 52.2 Å². The van der Waals surface area contributed by atoms with Crippen molar-refractivity contribution < 1.29 is 9.18 Å². The molecule has 1 aromatic heterocycles. The quantitative estimate of drug-likeness (QED) is 0.466. The van der Waals surface area contributed by atoms with Crippen molar-refractivity contribution >= 4 is 28.4 Å². The maximum atomic E-state index is 14.3. The Kier molecular flexibility index (Phi) is 5.41. The number of carbonyl (C=O) groups excluding carboxylic acids is 1. The lowest BCUT2D eigenvalue weighted by Crippen LogP contribution is -2.53. The predicted molar refractivity (Wildman–Crippen MR) is 132 cm³/mol. The topological polar surface area (TPSA) is 47.8 Å². The lowest BCUT2D eigenvalue weighted by Gasteiger charge is -2.61. The van der Waals surface area contributed by atoms with Gasteiger partial charge in [-0.05, 0) is 104 Å². The van der Waals surface area contributed by atoms with Crippen LogP contribution in [0.2, 0.25) is 5.02 Å². The lowest BCUT2D eigenvalue weighted by atomic mass is 9.44. The first-order valence-electron chi connectivity index (χ1n) is 13.4. The zero-order valence-corrected chi connectivity index (χ0v) is 21.5. The standard InChI is InChI=1S/C28H37ClFN3O/c1-16-10-12-27(2)17(14-16)4-5-18-19-6-7-21(28(19,3)13-11-20(18)27)24(34)15-33-31-23-9-8-22(29)25(30)26(23)32-33/h8-9,16-21H,4-7,10-15H2,1-3H3/t16-,17?,18-,19?,20?,21+,27-,28-/m0/s1. The first-order chi connectivity index (χ1) is 16.2. The number of halogens is 2. The van der Waals surface area contributed by atoms with E-state index in [-0.39, 0.29) is 34.2 Å². The van der Waals surface area contributed by atoms with Crippen LogP contribution in [-0.2, 0) is 11.3 Å². The van der Waals surface area contributed by atoms with Gasteiger partial charge in [-0.25, -0.2) is 4.39 Å². The second kappa shape index (κ2) is 8.01. The highest BCUT2D eigenvalue weighted by atomic mass is 35.5. The predicted octanol–water partition coefficient (Wildman–Crippen LogP) is 7.09. The summed E-state index contributed by atoms with van der Waals surface area (Å²) in [5, 5.41) is 8.66. The van der Waals surface area contributed by atoms with Crippen LogP contribution in [0.4, 0.5) is 4.39 Å². The average molecular weight is 486 g/mol. The van der Waals surface area contributed by atoms with E-state index in [1.54, 1.807) is 6.07 Å². The molecule has 1 heterocycles. The summed E-state index contributed by atoms with van der Waals surface area (Å²) in [6.45, 7) is 7.56. The van der Waals surface area contributed by atoms with E-state index in [0.29, 0.717) is 16.8 Å². The van der Waals surface area contributed by atoms with E-state index < -0.39 is 5.82 Å². The number of fused-ring (bicyclic) bond motifs is 6. The van der Waals surface area contributed by atoms with Gasteiger partial charge in [0.25, 0.3) is 0 Å². The minimum atomic E-state index is -0.565. The number of nitrogens with zero attached hydrogens (tertiary/aromatic N) is 3. The molecule has 6 heteroatoms. The highest BCUT2D eigenvalue weighted by molar-refractivity contribution is 6.31. The van der Waals surface area contributed by atoms with Crippen LogP contribution in [0.15, 0.2) is 12.1 Å². The summed E-state index contributed by atoms with van der Waals surface area (Å²) in [5.74, 6) is 3.73. The van der Waals surface area contributed by atoms with Gasteiger partial charge in [-0.2, -0.15) is 9.90 Å². The summed E-state index contributed by atoms with van der Waals surface area (Å²) < 4.78 is 14.3. The molecule has 6 rings (SSSR count). The van der Waals surface area contributed by atoms with E-state index >= 15 is 0 Å². The highest BCUT2D eigenvalue weighted by Gasteiger charge is 2.60. The third-order valence-electron chi connectivity index (χ3n) is 11.1. The van der Waals surface area contributed by atoms with Crippen LogP contribution in [0.5, 0.6) is 0 Å². The molecule has 0 N–H and O–H groups in total. The van der Waals surface area contributed by atoms with Crippen LogP contribution >= 0.6 is 11.6 Å². The van der Waals surface area contributed by atoms with Gasteiger partial charge in [-0.1, -0.05) is 38.8 Å². The van der Waals surface area contributed by atoms with E-state index in [4.69, 9.17) is 11.6 Å². The number of rotatable bonds is 3. The lowest BCUT2D eigenvalue weighted by molar-refractivity contribution is -0.137. The van der Waals surface area contributed by atoms with Crippen molar-refractivity contribution in [2.24, 2.45) is 46.3 Å². The molecule has 2 aromatic rings. The number of aromatic nitrogens is 3. The van der Waals surface area contributed by atoms with Crippen molar-refractivity contribution in [3.05, 3.63) is 23.0 Å². The van der Waals surface area contributed by atoms with Crippen molar-refractivity contribution in [3.63, 3.8) is 0 Å². The number of hydrogen-bond acceptors (Lipinski definition) is 3. The first kappa shape index (κ1) is 22.9. The van der Waals surface area contributed by atoms with E-state index in [0.717, 1.165) is 36.5 Å². The van der Waals surface area contributed by atoms with Gasteiger partial charge in [0.2, 0.25) is 0 Å². The Bertz CT molecular complexity index is 1130. The third-order valence-corrected chi connectivity index (χ3v) is 11.4. The first-order valence-corrected chi connectivity index (χ1v) is 13.8. The van der Waals surface area contributed by atoms with Crippen molar-refractivity contribution in [3.8, 4) is 0 Å². The van der Waals surface area contributed by atoms with Crippen molar-refractivity contribution in [2.45, 2.75) is 85.1 Å². The SMILES string of the molecule is C[C@H]1CC[C@@]2(C)C(CC[C@@H]3C2CC[C@@]2(C)C3CC[C@@H]2C(=O)Cn2nc3ccc(Cl)c(F)c3n2)C1. The summed E-state index contributed by atoms with van der Waals surface area (Å²) in [6.07, 6.45) is 11.5. The van der Waals surface area contributed by atoms with E-state index in [1.165, 1.54) is 55.8 Å². The molecule has 0 radical (unpaired) electrons. The minimum Gasteiger partial charge on any atom is -0.297 e. The summed E-state index contributed by atoms with van der Waals surface area (Å²) in [4.78, 5) is 14.9. The van der Waals surface area contributed by atoms with Crippen LogP contribution in [0.25, 0.3) is 11.0 Å². The van der Waals surface area contributed by atoms with Gasteiger partial charge in [0.15, 0.2) is 11.6 Å². The fourth-order valence-electron chi connectivity index (χ4n) is 9.29. The Labute approximate surface area is 207 Å². The smallest absolute Gasteiger partial charge is 0.171 e. The molecule has 0 bridgehead atoms. The van der Waals surface area contributed by atoms with Crippen LogP contribution in [0.1, 0.15) is 78.6 Å². The highest BCUT2D eigenvalue weighted by Crippen LogP contribution is 2.67. The van der Waals surface area contributed by atoms with Gasteiger partial charge >= 0.3 is 0 Å². The maximum Gasteiger partial charge on any atom is 0.171 e. The normalized spacial score (nSPS) is 41.7. The Hall–Kier alpha value is -1.49. The number of hydrogen-bond donors (Lipinski definition) is 0. The summed E-state index contributed by atoms with van der Waals surface area (Å²) >= 11 is 5.90. The van der Waals surface area contributed by atoms with Crippen LogP contribution in [0.3, 0.4) is 0 Å². The van der Waals surface area contributed by atoms with Crippen LogP contribution in [-0.4, -0.2) is 20.8 Å². The minimum absolute atomic E-state index is 0.0321. The van der Waals surface area contributed by atoms with E-state index in [9.17, 15) is 9.18 Å². The molecule has 4 aliphatic carbocycles. The summed E-state index contributed by atoms with van der Waals surface area (Å²) in [5.41, 5.74) is 1.16. The average Bonchev–Trinajstić information content (AvgIpc) is 3.37. The molecule has 8 atom stereocenters. The van der Waals surface area contributed by atoms with Gasteiger partial charge < -0.3 is 0 Å².